The van der Waals surface area contributed by atoms with Crippen LogP contribution in [0.3, 0.4) is 0 Å². The highest BCUT2D eigenvalue weighted by molar-refractivity contribution is 6.42. The minimum atomic E-state index is 0.534. The van der Waals surface area contributed by atoms with Crippen molar-refractivity contribution in [3.8, 4) is 0 Å². The summed E-state index contributed by atoms with van der Waals surface area (Å²) in [6.07, 6.45) is 4.76. The predicted molar refractivity (Wildman–Crippen MR) is 73.7 cm³/mol. The van der Waals surface area contributed by atoms with Gasteiger partial charge in [-0.3, -0.25) is 0 Å². The molecular formula is C13H19Cl2N. The maximum absolute atomic E-state index is 5.98. The summed E-state index contributed by atoms with van der Waals surface area (Å²) < 4.78 is 0. The van der Waals surface area contributed by atoms with Gasteiger partial charge in [0, 0.05) is 11.7 Å². The van der Waals surface area contributed by atoms with Gasteiger partial charge in [-0.05, 0) is 31.0 Å². The van der Waals surface area contributed by atoms with Crippen molar-refractivity contribution < 1.29 is 0 Å². The van der Waals surface area contributed by atoms with Crippen LogP contribution in [0.5, 0.6) is 0 Å². The second-order valence-corrected chi connectivity index (χ2v) is 4.86. The van der Waals surface area contributed by atoms with Crippen LogP contribution < -0.4 is 5.32 Å². The molecular weight excluding hydrogens is 241 g/mol. The normalized spacial score (nSPS) is 10.8. The summed E-state index contributed by atoms with van der Waals surface area (Å²) in [6.45, 7) is 4.42. The Morgan fingerprint density at radius 2 is 1.69 bits per heavy atom. The van der Waals surface area contributed by atoms with E-state index in [4.69, 9.17) is 23.2 Å². The zero-order valence-electron chi connectivity index (χ0n) is 9.89. The van der Waals surface area contributed by atoms with E-state index in [0.717, 1.165) is 5.69 Å². The summed E-state index contributed by atoms with van der Waals surface area (Å²) in [4.78, 5) is 0. The average Bonchev–Trinajstić information content (AvgIpc) is 2.24. The molecule has 0 amide bonds. The summed E-state index contributed by atoms with van der Waals surface area (Å²) in [6, 6.07) is 6.24. The first-order valence-corrected chi connectivity index (χ1v) is 6.64. The Bertz CT molecular complexity index is 320. The van der Waals surface area contributed by atoms with Crippen LogP contribution in [0.2, 0.25) is 10.0 Å². The molecule has 3 heteroatoms. The van der Waals surface area contributed by atoms with Crippen molar-refractivity contribution in [3.05, 3.63) is 28.2 Å². The molecule has 0 aliphatic carbocycles. The molecule has 1 nitrogen and oxygen atoms in total. The molecule has 1 aromatic carbocycles. The molecule has 0 unspecified atom stereocenters. The molecule has 0 bridgehead atoms. The van der Waals surface area contributed by atoms with Crippen molar-refractivity contribution in [1.82, 2.24) is 0 Å². The Labute approximate surface area is 108 Å². The molecule has 0 aliphatic heterocycles. The Morgan fingerprint density at radius 3 is 2.19 bits per heavy atom. The fourth-order valence-electron chi connectivity index (χ4n) is 1.81. The number of rotatable bonds is 6. The number of hydrogen-bond acceptors (Lipinski definition) is 1. The van der Waals surface area contributed by atoms with Crippen LogP contribution in [0.1, 0.15) is 39.5 Å². The number of hydrogen-bond donors (Lipinski definition) is 1. The zero-order chi connectivity index (χ0) is 12.0. The van der Waals surface area contributed by atoms with Crippen LogP contribution >= 0.6 is 23.2 Å². The van der Waals surface area contributed by atoms with E-state index >= 15 is 0 Å². The number of halogens is 2. The SMILES string of the molecule is CCCC(CCC)Nc1ccc(Cl)c(Cl)c1. The molecule has 16 heavy (non-hydrogen) atoms. The van der Waals surface area contributed by atoms with E-state index in [1.165, 1.54) is 25.7 Å². The van der Waals surface area contributed by atoms with Gasteiger partial charge in [0.15, 0.2) is 0 Å². The second kappa shape index (κ2) is 7.03. The topological polar surface area (TPSA) is 12.0 Å². The molecule has 1 aromatic rings. The molecule has 0 fully saturated rings. The van der Waals surface area contributed by atoms with Gasteiger partial charge in [-0.15, -0.1) is 0 Å². The maximum atomic E-state index is 5.98. The summed E-state index contributed by atoms with van der Waals surface area (Å²) >= 11 is 11.9. The quantitative estimate of drug-likeness (QED) is 0.724. The standard InChI is InChI=1S/C13H19Cl2N/c1-3-5-10(6-4-2)16-11-7-8-12(14)13(15)9-11/h7-10,16H,3-6H2,1-2H3. The Kier molecular flexibility index (Phi) is 6.00. The molecule has 90 valence electrons. The van der Waals surface area contributed by atoms with Crippen LogP contribution in [-0.4, -0.2) is 6.04 Å². The Hall–Kier alpha value is -0.400. The summed E-state index contributed by atoms with van der Waals surface area (Å²) in [5, 5.41) is 4.72. The van der Waals surface area contributed by atoms with E-state index < -0.39 is 0 Å². The Balaban J connectivity index is 2.65. The van der Waals surface area contributed by atoms with Gasteiger partial charge in [0.25, 0.3) is 0 Å². The fourth-order valence-corrected chi connectivity index (χ4v) is 2.11. The summed E-state index contributed by atoms with van der Waals surface area (Å²) in [7, 11) is 0. The lowest BCUT2D eigenvalue weighted by atomic mass is 10.1. The molecule has 0 saturated carbocycles. The molecule has 0 atom stereocenters. The highest BCUT2D eigenvalue weighted by Crippen LogP contribution is 2.26. The van der Waals surface area contributed by atoms with Gasteiger partial charge in [0.2, 0.25) is 0 Å². The highest BCUT2D eigenvalue weighted by atomic mass is 35.5. The number of anilines is 1. The first-order valence-electron chi connectivity index (χ1n) is 5.89. The van der Waals surface area contributed by atoms with E-state index in [-0.39, 0.29) is 0 Å². The molecule has 0 aliphatic rings. The first-order chi connectivity index (χ1) is 7.67. The highest BCUT2D eigenvalue weighted by Gasteiger charge is 2.07. The van der Waals surface area contributed by atoms with Crippen LogP contribution in [0.15, 0.2) is 18.2 Å². The van der Waals surface area contributed by atoms with Crippen LogP contribution in [-0.2, 0) is 0 Å². The molecule has 1 N–H and O–H groups in total. The van der Waals surface area contributed by atoms with Gasteiger partial charge >= 0.3 is 0 Å². The summed E-state index contributed by atoms with van der Waals surface area (Å²) in [5.74, 6) is 0. The monoisotopic (exact) mass is 259 g/mol. The minimum absolute atomic E-state index is 0.534. The van der Waals surface area contributed by atoms with Crippen LogP contribution in [0.25, 0.3) is 0 Å². The van der Waals surface area contributed by atoms with Crippen molar-refractivity contribution in [2.75, 3.05) is 5.32 Å². The van der Waals surface area contributed by atoms with E-state index in [2.05, 4.69) is 19.2 Å². The predicted octanol–water partition coefficient (Wildman–Crippen LogP) is 5.37. The van der Waals surface area contributed by atoms with Gasteiger partial charge in [-0.25, -0.2) is 0 Å². The smallest absolute Gasteiger partial charge is 0.0612 e. The van der Waals surface area contributed by atoms with Crippen LogP contribution in [0.4, 0.5) is 5.69 Å². The van der Waals surface area contributed by atoms with Gasteiger partial charge in [-0.1, -0.05) is 49.9 Å². The Morgan fingerprint density at radius 1 is 1.06 bits per heavy atom. The molecule has 0 aromatic heterocycles. The molecule has 0 heterocycles. The fraction of sp³-hybridized carbons (Fsp3) is 0.538. The third kappa shape index (κ3) is 4.23. The first kappa shape index (κ1) is 13.7. The van der Waals surface area contributed by atoms with E-state index in [0.29, 0.717) is 16.1 Å². The minimum Gasteiger partial charge on any atom is -0.382 e. The summed E-state index contributed by atoms with van der Waals surface area (Å²) in [5.41, 5.74) is 1.06. The van der Waals surface area contributed by atoms with Gasteiger partial charge in [0.05, 0.1) is 10.0 Å². The number of benzene rings is 1. The zero-order valence-corrected chi connectivity index (χ0v) is 11.4. The van der Waals surface area contributed by atoms with Crippen molar-refractivity contribution in [2.45, 2.75) is 45.6 Å². The lowest BCUT2D eigenvalue weighted by Gasteiger charge is -2.19. The number of nitrogens with one attached hydrogen (secondary N) is 1. The molecule has 1 rings (SSSR count). The van der Waals surface area contributed by atoms with Gasteiger partial charge in [-0.2, -0.15) is 0 Å². The lowest BCUT2D eigenvalue weighted by molar-refractivity contribution is 0.586. The average molecular weight is 260 g/mol. The van der Waals surface area contributed by atoms with Crippen molar-refractivity contribution in [3.63, 3.8) is 0 Å². The van der Waals surface area contributed by atoms with Crippen molar-refractivity contribution >= 4 is 28.9 Å². The lowest BCUT2D eigenvalue weighted by Crippen LogP contribution is -2.18. The second-order valence-electron chi connectivity index (χ2n) is 4.05. The molecule has 0 radical (unpaired) electrons. The van der Waals surface area contributed by atoms with E-state index in [1.54, 1.807) is 0 Å². The third-order valence-corrected chi connectivity index (χ3v) is 3.30. The largest absolute Gasteiger partial charge is 0.382 e. The maximum Gasteiger partial charge on any atom is 0.0612 e. The van der Waals surface area contributed by atoms with E-state index in [9.17, 15) is 0 Å². The molecule has 0 saturated heterocycles. The third-order valence-electron chi connectivity index (χ3n) is 2.56. The van der Waals surface area contributed by atoms with Crippen molar-refractivity contribution in [2.24, 2.45) is 0 Å². The van der Waals surface area contributed by atoms with Gasteiger partial charge in [0.1, 0.15) is 0 Å². The van der Waals surface area contributed by atoms with E-state index in [1.807, 2.05) is 18.2 Å². The van der Waals surface area contributed by atoms with Crippen molar-refractivity contribution in [1.29, 1.82) is 0 Å². The van der Waals surface area contributed by atoms with Gasteiger partial charge < -0.3 is 5.32 Å². The van der Waals surface area contributed by atoms with Crippen LogP contribution in [0, 0.1) is 0 Å². The molecule has 0 spiro atoms.